The summed E-state index contributed by atoms with van der Waals surface area (Å²) in [5.41, 5.74) is 6.83. The summed E-state index contributed by atoms with van der Waals surface area (Å²) in [5, 5.41) is 21.9. The van der Waals surface area contributed by atoms with Gasteiger partial charge in [-0.2, -0.15) is 0 Å². The third kappa shape index (κ3) is 3.53. The number of tetrazole rings is 1. The van der Waals surface area contributed by atoms with Gasteiger partial charge in [-0.3, -0.25) is 4.79 Å². The van der Waals surface area contributed by atoms with Gasteiger partial charge in [0.25, 0.3) is 0 Å². The Morgan fingerprint density at radius 1 is 1.48 bits per heavy atom. The van der Waals surface area contributed by atoms with Crippen LogP contribution in [0.2, 0.25) is 0 Å². The Kier molecular flexibility index (Phi) is 4.12. The molecule has 21 heavy (non-hydrogen) atoms. The van der Waals surface area contributed by atoms with Gasteiger partial charge in [0.1, 0.15) is 6.54 Å². The summed E-state index contributed by atoms with van der Waals surface area (Å²) in [6.07, 6.45) is 0. The van der Waals surface area contributed by atoms with Crippen molar-refractivity contribution in [1.29, 1.82) is 0 Å². The van der Waals surface area contributed by atoms with E-state index in [2.05, 4.69) is 20.8 Å². The number of rotatable bonds is 5. The molecule has 0 aliphatic carbocycles. The Morgan fingerprint density at radius 2 is 2.24 bits per heavy atom. The van der Waals surface area contributed by atoms with Gasteiger partial charge in [-0.1, -0.05) is 34.9 Å². The molecule has 4 N–H and O–H groups in total. The fourth-order valence-electron chi connectivity index (χ4n) is 1.80. The summed E-state index contributed by atoms with van der Waals surface area (Å²) in [6.45, 7) is 1.58. The first-order chi connectivity index (χ1) is 9.97. The molecule has 2 rings (SSSR count). The molecule has 9 heteroatoms. The maximum Gasteiger partial charge on any atom is 0.330 e. The lowest BCUT2D eigenvalue weighted by Gasteiger charge is -2.15. The molecule has 1 atom stereocenters. The highest BCUT2D eigenvalue weighted by Gasteiger charge is 2.22. The lowest BCUT2D eigenvalue weighted by Crippen LogP contribution is -2.36. The SMILES string of the molecule is Cc1cccc([C@@H](NC(=O)Cn2nnnc2N)C(=O)O)c1. The molecule has 0 spiro atoms. The van der Waals surface area contributed by atoms with Crippen LogP contribution in [0, 0.1) is 6.92 Å². The Labute approximate surface area is 119 Å². The first-order valence-corrected chi connectivity index (χ1v) is 6.07. The van der Waals surface area contributed by atoms with Crippen molar-refractivity contribution in [3.05, 3.63) is 35.4 Å². The number of aryl methyl sites for hydroxylation is 1. The van der Waals surface area contributed by atoms with E-state index in [0.717, 1.165) is 10.2 Å². The summed E-state index contributed by atoms with van der Waals surface area (Å²) < 4.78 is 1.07. The summed E-state index contributed by atoms with van der Waals surface area (Å²) in [6, 6.07) is 5.76. The maximum absolute atomic E-state index is 11.9. The number of carboxylic acids is 1. The number of amides is 1. The highest BCUT2D eigenvalue weighted by atomic mass is 16.4. The Hall–Kier alpha value is -2.97. The molecule has 0 radical (unpaired) electrons. The van der Waals surface area contributed by atoms with Gasteiger partial charge in [-0.05, 0) is 22.9 Å². The number of nitrogen functional groups attached to an aromatic ring is 1. The lowest BCUT2D eigenvalue weighted by atomic mass is 10.0. The van der Waals surface area contributed by atoms with E-state index < -0.39 is 17.9 Å². The highest BCUT2D eigenvalue weighted by molar-refractivity contribution is 5.84. The van der Waals surface area contributed by atoms with Gasteiger partial charge in [0.05, 0.1) is 0 Å². The Morgan fingerprint density at radius 3 is 2.81 bits per heavy atom. The summed E-state index contributed by atoms with van der Waals surface area (Å²) >= 11 is 0. The number of aromatic nitrogens is 4. The van der Waals surface area contributed by atoms with Crippen molar-refractivity contribution in [3.63, 3.8) is 0 Å². The normalized spacial score (nSPS) is 11.9. The summed E-state index contributed by atoms with van der Waals surface area (Å²) in [5.74, 6) is -1.73. The molecule has 0 aliphatic rings. The second-order valence-electron chi connectivity index (χ2n) is 4.45. The van der Waals surface area contributed by atoms with Gasteiger partial charge in [0.2, 0.25) is 11.9 Å². The van der Waals surface area contributed by atoms with Crippen molar-refractivity contribution in [2.75, 3.05) is 5.73 Å². The van der Waals surface area contributed by atoms with Gasteiger partial charge < -0.3 is 16.2 Å². The number of hydrogen-bond donors (Lipinski definition) is 3. The number of carboxylic acid groups (broad SMARTS) is 1. The monoisotopic (exact) mass is 290 g/mol. The van der Waals surface area contributed by atoms with E-state index >= 15 is 0 Å². The minimum Gasteiger partial charge on any atom is -0.479 e. The first kappa shape index (κ1) is 14.4. The zero-order valence-electron chi connectivity index (χ0n) is 11.2. The van der Waals surface area contributed by atoms with Crippen molar-refractivity contribution in [1.82, 2.24) is 25.5 Å². The van der Waals surface area contributed by atoms with E-state index in [1.165, 1.54) is 0 Å². The van der Waals surface area contributed by atoms with E-state index in [1.54, 1.807) is 18.2 Å². The number of anilines is 1. The number of benzene rings is 1. The molecule has 0 saturated heterocycles. The number of carbonyl (C=O) groups excluding carboxylic acids is 1. The van der Waals surface area contributed by atoms with E-state index in [9.17, 15) is 14.7 Å². The Balaban J connectivity index is 2.12. The molecule has 1 heterocycles. The van der Waals surface area contributed by atoms with Crippen molar-refractivity contribution in [2.24, 2.45) is 0 Å². The summed E-state index contributed by atoms with van der Waals surface area (Å²) in [7, 11) is 0. The summed E-state index contributed by atoms with van der Waals surface area (Å²) in [4.78, 5) is 23.2. The number of aliphatic carboxylic acids is 1. The van der Waals surface area contributed by atoms with Crippen LogP contribution in [0.3, 0.4) is 0 Å². The zero-order chi connectivity index (χ0) is 15.4. The van der Waals surface area contributed by atoms with Crippen molar-refractivity contribution in [2.45, 2.75) is 19.5 Å². The van der Waals surface area contributed by atoms with Gasteiger partial charge in [0, 0.05) is 0 Å². The zero-order valence-corrected chi connectivity index (χ0v) is 11.2. The molecule has 0 fully saturated rings. The molecule has 0 bridgehead atoms. The minimum absolute atomic E-state index is 0.0208. The second kappa shape index (κ2) is 5.99. The van der Waals surface area contributed by atoms with Crippen molar-refractivity contribution in [3.8, 4) is 0 Å². The predicted octanol–water partition coefficient (Wildman–Crippen LogP) is -0.494. The number of carbonyl (C=O) groups is 2. The minimum atomic E-state index is -1.15. The second-order valence-corrected chi connectivity index (χ2v) is 4.45. The van der Waals surface area contributed by atoms with Crippen LogP contribution < -0.4 is 11.1 Å². The Bertz CT molecular complexity index is 669. The van der Waals surface area contributed by atoms with Crippen LogP contribution in [0.4, 0.5) is 5.95 Å². The fourth-order valence-corrected chi connectivity index (χ4v) is 1.80. The fraction of sp³-hybridized carbons (Fsp3) is 0.250. The van der Waals surface area contributed by atoms with Crippen LogP contribution in [-0.4, -0.2) is 37.2 Å². The average Bonchev–Trinajstić information content (AvgIpc) is 2.81. The first-order valence-electron chi connectivity index (χ1n) is 6.07. The molecular weight excluding hydrogens is 276 g/mol. The average molecular weight is 290 g/mol. The highest BCUT2D eigenvalue weighted by Crippen LogP contribution is 2.15. The van der Waals surface area contributed by atoms with Crippen LogP contribution in [0.25, 0.3) is 0 Å². The van der Waals surface area contributed by atoms with Crippen LogP contribution in [0.5, 0.6) is 0 Å². The predicted molar refractivity (Wildman–Crippen MR) is 71.9 cm³/mol. The van der Waals surface area contributed by atoms with Crippen LogP contribution >= 0.6 is 0 Å². The molecule has 2 aromatic rings. The topological polar surface area (TPSA) is 136 Å². The maximum atomic E-state index is 11.9. The molecule has 1 aromatic heterocycles. The van der Waals surface area contributed by atoms with Gasteiger partial charge >= 0.3 is 5.97 Å². The molecular formula is C12H14N6O3. The van der Waals surface area contributed by atoms with E-state index in [-0.39, 0.29) is 12.5 Å². The third-order valence-corrected chi connectivity index (χ3v) is 2.78. The third-order valence-electron chi connectivity index (χ3n) is 2.78. The largest absolute Gasteiger partial charge is 0.479 e. The van der Waals surface area contributed by atoms with Gasteiger partial charge in [-0.25, -0.2) is 9.48 Å². The quantitative estimate of drug-likeness (QED) is 0.675. The van der Waals surface area contributed by atoms with Gasteiger partial charge in [-0.15, -0.1) is 0 Å². The standard InChI is InChI=1S/C12H14N6O3/c1-7-3-2-4-8(5-7)10(11(20)21)14-9(19)6-18-12(13)15-16-17-18/h2-5,10H,6H2,1H3,(H,14,19)(H,20,21)(H2,13,15,17)/t10-/m1/s1. The van der Waals surface area contributed by atoms with Gasteiger partial charge in [0.15, 0.2) is 6.04 Å². The van der Waals surface area contributed by atoms with Crippen molar-refractivity contribution >= 4 is 17.8 Å². The number of nitrogens with two attached hydrogens (primary N) is 1. The van der Waals surface area contributed by atoms with E-state index in [4.69, 9.17) is 5.73 Å². The van der Waals surface area contributed by atoms with E-state index in [0.29, 0.717) is 5.56 Å². The lowest BCUT2D eigenvalue weighted by molar-refractivity contribution is -0.142. The van der Waals surface area contributed by atoms with Crippen molar-refractivity contribution < 1.29 is 14.7 Å². The molecule has 9 nitrogen and oxygen atoms in total. The molecule has 0 saturated carbocycles. The molecule has 1 aromatic carbocycles. The van der Waals surface area contributed by atoms with Crippen LogP contribution in [0.1, 0.15) is 17.2 Å². The van der Waals surface area contributed by atoms with Crippen LogP contribution in [0.15, 0.2) is 24.3 Å². The molecule has 1 amide bonds. The smallest absolute Gasteiger partial charge is 0.330 e. The van der Waals surface area contributed by atoms with Crippen LogP contribution in [-0.2, 0) is 16.1 Å². The molecule has 0 aliphatic heterocycles. The molecule has 110 valence electrons. The number of nitrogens with one attached hydrogen (secondary N) is 1. The molecule has 0 unspecified atom stereocenters. The van der Waals surface area contributed by atoms with E-state index in [1.807, 2.05) is 13.0 Å². The number of hydrogen-bond acceptors (Lipinski definition) is 6. The number of nitrogens with zero attached hydrogens (tertiary/aromatic N) is 4.